The zero-order valence-corrected chi connectivity index (χ0v) is 12.5. The molecule has 0 spiro atoms. The minimum atomic E-state index is -0.490. The SMILES string of the molecule is CC1CNCCN1Cc1c(F)ccc(Br)c1F.Cl. The Morgan fingerprint density at radius 3 is 2.83 bits per heavy atom. The summed E-state index contributed by atoms with van der Waals surface area (Å²) in [6.45, 7) is 4.91. The van der Waals surface area contributed by atoms with Crippen molar-refractivity contribution in [3.05, 3.63) is 33.8 Å². The van der Waals surface area contributed by atoms with Gasteiger partial charge >= 0.3 is 0 Å². The van der Waals surface area contributed by atoms with Crippen molar-refractivity contribution in [1.29, 1.82) is 0 Å². The van der Waals surface area contributed by atoms with Gasteiger partial charge in [-0.1, -0.05) is 0 Å². The Balaban J connectivity index is 0.00000162. The lowest BCUT2D eigenvalue weighted by molar-refractivity contribution is 0.161. The number of nitrogens with one attached hydrogen (secondary N) is 1. The van der Waals surface area contributed by atoms with Gasteiger partial charge in [-0.05, 0) is 35.0 Å². The monoisotopic (exact) mass is 340 g/mol. The second-order valence-electron chi connectivity index (χ2n) is 4.35. The molecule has 0 bridgehead atoms. The van der Waals surface area contributed by atoms with Crippen LogP contribution in [0.5, 0.6) is 0 Å². The molecule has 1 unspecified atom stereocenters. The first-order valence-electron chi connectivity index (χ1n) is 5.66. The zero-order valence-electron chi connectivity index (χ0n) is 10.0. The fraction of sp³-hybridized carbons (Fsp3) is 0.500. The van der Waals surface area contributed by atoms with Crippen LogP contribution >= 0.6 is 28.3 Å². The van der Waals surface area contributed by atoms with E-state index >= 15 is 0 Å². The predicted octanol–water partition coefficient (Wildman–Crippen LogP) is 2.94. The van der Waals surface area contributed by atoms with Crippen LogP contribution in [0.3, 0.4) is 0 Å². The van der Waals surface area contributed by atoms with Crippen molar-refractivity contribution in [3.8, 4) is 0 Å². The van der Waals surface area contributed by atoms with E-state index in [1.807, 2.05) is 0 Å². The molecule has 0 saturated carbocycles. The van der Waals surface area contributed by atoms with Crippen LogP contribution in [0.2, 0.25) is 0 Å². The van der Waals surface area contributed by atoms with E-state index < -0.39 is 11.6 Å². The lowest BCUT2D eigenvalue weighted by Gasteiger charge is -2.34. The maximum atomic E-state index is 13.8. The first-order chi connectivity index (χ1) is 8.09. The average Bonchev–Trinajstić information content (AvgIpc) is 2.32. The topological polar surface area (TPSA) is 15.3 Å². The third kappa shape index (κ3) is 3.41. The number of piperazine rings is 1. The summed E-state index contributed by atoms with van der Waals surface area (Å²) < 4.78 is 27.7. The molecule has 1 aromatic carbocycles. The molecular formula is C12H16BrClF2N2. The van der Waals surface area contributed by atoms with Gasteiger partial charge in [-0.25, -0.2) is 8.78 Å². The average molecular weight is 342 g/mol. The molecule has 18 heavy (non-hydrogen) atoms. The summed E-state index contributed by atoms with van der Waals surface area (Å²) in [5.74, 6) is -0.966. The van der Waals surface area contributed by atoms with Gasteiger partial charge in [-0.2, -0.15) is 0 Å². The van der Waals surface area contributed by atoms with Gasteiger partial charge < -0.3 is 5.32 Å². The molecule has 1 fully saturated rings. The first kappa shape index (κ1) is 15.8. The summed E-state index contributed by atoms with van der Waals surface area (Å²) in [6, 6.07) is 2.99. The first-order valence-corrected chi connectivity index (χ1v) is 6.46. The van der Waals surface area contributed by atoms with Crippen molar-refractivity contribution in [2.45, 2.75) is 19.5 Å². The summed E-state index contributed by atoms with van der Waals surface area (Å²) >= 11 is 3.09. The molecule has 0 amide bonds. The van der Waals surface area contributed by atoms with Gasteiger partial charge in [0.25, 0.3) is 0 Å². The highest BCUT2D eigenvalue weighted by Crippen LogP contribution is 2.23. The fourth-order valence-corrected chi connectivity index (χ4v) is 2.41. The van der Waals surface area contributed by atoms with Gasteiger partial charge in [0.15, 0.2) is 0 Å². The van der Waals surface area contributed by atoms with E-state index in [4.69, 9.17) is 0 Å². The molecular weight excluding hydrogens is 325 g/mol. The number of halogens is 4. The standard InChI is InChI=1S/C12H15BrF2N2.ClH/c1-8-6-16-4-5-17(8)7-9-11(14)3-2-10(13)12(9)15;/h2-3,8,16H,4-7H2,1H3;1H. The third-order valence-electron chi connectivity index (χ3n) is 3.14. The molecule has 1 aromatic rings. The fourth-order valence-electron chi connectivity index (χ4n) is 2.04. The molecule has 6 heteroatoms. The van der Waals surface area contributed by atoms with Crippen molar-refractivity contribution in [2.75, 3.05) is 19.6 Å². The van der Waals surface area contributed by atoms with Gasteiger partial charge in [0.2, 0.25) is 0 Å². The van der Waals surface area contributed by atoms with Crippen LogP contribution in [0.25, 0.3) is 0 Å². The molecule has 0 radical (unpaired) electrons. The quantitative estimate of drug-likeness (QED) is 0.832. The molecule has 0 aromatic heterocycles. The van der Waals surface area contributed by atoms with E-state index in [9.17, 15) is 8.78 Å². The second kappa shape index (κ2) is 6.80. The Kier molecular flexibility index (Phi) is 5.98. The van der Waals surface area contributed by atoms with Crippen LogP contribution in [0.4, 0.5) is 8.78 Å². The molecule has 1 heterocycles. The third-order valence-corrected chi connectivity index (χ3v) is 3.75. The van der Waals surface area contributed by atoms with Crippen molar-refractivity contribution >= 4 is 28.3 Å². The molecule has 1 atom stereocenters. The predicted molar refractivity (Wildman–Crippen MR) is 74.0 cm³/mol. The Morgan fingerprint density at radius 1 is 1.44 bits per heavy atom. The van der Waals surface area contributed by atoms with Gasteiger partial charge in [-0.3, -0.25) is 4.90 Å². The lowest BCUT2D eigenvalue weighted by Crippen LogP contribution is -2.49. The maximum Gasteiger partial charge on any atom is 0.144 e. The van der Waals surface area contributed by atoms with Gasteiger partial charge in [0.05, 0.1) is 4.47 Å². The number of nitrogens with zero attached hydrogens (tertiary/aromatic N) is 1. The molecule has 0 aliphatic carbocycles. The highest BCUT2D eigenvalue weighted by atomic mass is 79.9. The van der Waals surface area contributed by atoms with E-state index in [1.54, 1.807) is 0 Å². The summed E-state index contributed by atoms with van der Waals surface area (Å²) in [6.07, 6.45) is 0. The molecule has 102 valence electrons. The van der Waals surface area contributed by atoms with Crippen molar-refractivity contribution < 1.29 is 8.78 Å². The van der Waals surface area contributed by atoms with Crippen LogP contribution in [0, 0.1) is 11.6 Å². The molecule has 2 nitrogen and oxygen atoms in total. The zero-order chi connectivity index (χ0) is 12.4. The molecule has 2 rings (SSSR count). The van der Waals surface area contributed by atoms with E-state index in [0.717, 1.165) is 19.6 Å². The maximum absolute atomic E-state index is 13.8. The number of hydrogen-bond acceptors (Lipinski definition) is 2. The molecule has 1 N–H and O–H groups in total. The minimum absolute atomic E-state index is 0. The summed E-state index contributed by atoms with van der Waals surface area (Å²) in [7, 11) is 0. The minimum Gasteiger partial charge on any atom is -0.314 e. The van der Waals surface area contributed by atoms with E-state index in [1.165, 1.54) is 12.1 Å². The van der Waals surface area contributed by atoms with Crippen LogP contribution in [0.1, 0.15) is 12.5 Å². The van der Waals surface area contributed by atoms with Crippen LogP contribution in [-0.2, 0) is 6.54 Å². The molecule has 1 saturated heterocycles. The Labute approximate surface area is 120 Å². The van der Waals surface area contributed by atoms with Crippen LogP contribution in [0.15, 0.2) is 16.6 Å². The summed E-state index contributed by atoms with van der Waals surface area (Å²) in [5.41, 5.74) is 0.146. The number of rotatable bonds is 2. The summed E-state index contributed by atoms with van der Waals surface area (Å²) in [5, 5.41) is 3.25. The van der Waals surface area contributed by atoms with E-state index in [2.05, 4.69) is 33.1 Å². The van der Waals surface area contributed by atoms with Crippen LogP contribution < -0.4 is 5.32 Å². The Bertz CT molecular complexity index is 417. The smallest absolute Gasteiger partial charge is 0.144 e. The van der Waals surface area contributed by atoms with Crippen LogP contribution in [-0.4, -0.2) is 30.6 Å². The van der Waals surface area contributed by atoms with Gasteiger partial charge in [-0.15, -0.1) is 12.4 Å². The van der Waals surface area contributed by atoms with Gasteiger partial charge in [0, 0.05) is 37.8 Å². The molecule has 1 aliphatic heterocycles. The number of benzene rings is 1. The normalized spacial score (nSPS) is 20.6. The van der Waals surface area contributed by atoms with Crippen molar-refractivity contribution in [3.63, 3.8) is 0 Å². The Hall–Kier alpha value is -0.230. The van der Waals surface area contributed by atoms with Crippen molar-refractivity contribution in [2.24, 2.45) is 0 Å². The molecule has 1 aliphatic rings. The van der Waals surface area contributed by atoms with Gasteiger partial charge in [0.1, 0.15) is 11.6 Å². The lowest BCUT2D eigenvalue weighted by atomic mass is 10.1. The largest absolute Gasteiger partial charge is 0.314 e. The second-order valence-corrected chi connectivity index (χ2v) is 5.20. The summed E-state index contributed by atoms with van der Waals surface area (Å²) in [4.78, 5) is 2.09. The highest BCUT2D eigenvalue weighted by Gasteiger charge is 2.21. The Morgan fingerprint density at radius 2 is 2.17 bits per heavy atom. The van der Waals surface area contributed by atoms with Crippen molar-refractivity contribution in [1.82, 2.24) is 10.2 Å². The highest BCUT2D eigenvalue weighted by molar-refractivity contribution is 9.10. The van der Waals surface area contributed by atoms with E-state index in [0.29, 0.717) is 17.1 Å². The number of hydrogen-bond donors (Lipinski definition) is 1. The van der Waals surface area contributed by atoms with E-state index in [-0.39, 0.29) is 18.0 Å².